The Hall–Kier alpha value is -2.47. The minimum atomic E-state index is -0.0256. The fraction of sp³-hybridized carbons (Fsp3) is 0.316. The van der Waals surface area contributed by atoms with Gasteiger partial charge in [-0.3, -0.25) is 4.79 Å². The van der Waals surface area contributed by atoms with Gasteiger partial charge < -0.3 is 9.84 Å². The number of rotatable bonds is 7. The average molecular weight is 355 g/mol. The lowest BCUT2D eigenvalue weighted by Gasteiger charge is -2.14. The van der Waals surface area contributed by atoms with Crippen LogP contribution < -0.4 is 5.32 Å². The molecule has 1 atom stereocenters. The van der Waals surface area contributed by atoms with Gasteiger partial charge in [0.15, 0.2) is 0 Å². The Morgan fingerprint density at radius 3 is 2.76 bits per heavy atom. The first-order valence-electron chi connectivity index (χ1n) is 8.39. The van der Waals surface area contributed by atoms with Crippen molar-refractivity contribution in [3.63, 3.8) is 0 Å². The molecule has 5 nitrogen and oxygen atoms in total. The summed E-state index contributed by atoms with van der Waals surface area (Å²) < 4.78 is 5.22. The van der Waals surface area contributed by atoms with E-state index in [1.54, 1.807) is 11.3 Å². The molecule has 2 aromatic heterocycles. The van der Waals surface area contributed by atoms with Crippen molar-refractivity contribution in [2.24, 2.45) is 0 Å². The third kappa shape index (κ3) is 4.54. The molecule has 1 amide bonds. The van der Waals surface area contributed by atoms with Crippen molar-refractivity contribution >= 4 is 17.2 Å². The fourth-order valence-corrected chi connectivity index (χ4v) is 3.16. The topological polar surface area (TPSA) is 68.0 Å². The number of aromatic nitrogens is 2. The van der Waals surface area contributed by atoms with Gasteiger partial charge in [-0.25, -0.2) is 0 Å². The number of hydrogen-bond donors (Lipinski definition) is 1. The van der Waals surface area contributed by atoms with E-state index in [-0.39, 0.29) is 11.9 Å². The van der Waals surface area contributed by atoms with Crippen LogP contribution in [0.1, 0.15) is 43.3 Å². The Morgan fingerprint density at radius 1 is 1.28 bits per heavy atom. The van der Waals surface area contributed by atoms with Crippen molar-refractivity contribution in [1.82, 2.24) is 15.5 Å². The maximum atomic E-state index is 12.2. The second-order valence-electron chi connectivity index (χ2n) is 5.91. The number of carbonyl (C=O) groups is 1. The van der Waals surface area contributed by atoms with Crippen molar-refractivity contribution in [2.75, 3.05) is 0 Å². The maximum absolute atomic E-state index is 12.2. The van der Waals surface area contributed by atoms with Crippen LogP contribution in [-0.2, 0) is 17.6 Å². The van der Waals surface area contributed by atoms with Crippen molar-refractivity contribution in [3.8, 4) is 11.4 Å². The van der Waals surface area contributed by atoms with Crippen molar-refractivity contribution in [1.29, 1.82) is 0 Å². The first-order valence-corrected chi connectivity index (χ1v) is 9.33. The molecule has 3 aromatic rings. The lowest BCUT2D eigenvalue weighted by atomic mass is 10.0. The predicted octanol–water partition coefficient (Wildman–Crippen LogP) is 4.17. The summed E-state index contributed by atoms with van der Waals surface area (Å²) >= 11 is 1.58. The molecule has 0 saturated heterocycles. The molecule has 6 heteroatoms. The zero-order chi connectivity index (χ0) is 17.6. The summed E-state index contributed by atoms with van der Waals surface area (Å²) in [5.74, 6) is 1.03. The molecule has 0 saturated carbocycles. The molecule has 2 heterocycles. The molecule has 0 aliphatic carbocycles. The first kappa shape index (κ1) is 17.4. The summed E-state index contributed by atoms with van der Waals surface area (Å²) in [6.07, 6.45) is 1.77. The van der Waals surface area contributed by atoms with Crippen molar-refractivity contribution in [3.05, 3.63) is 58.1 Å². The van der Waals surface area contributed by atoms with Gasteiger partial charge in [0.05, 0.1) is 6.04 Å². The van der Waals surface area contributed by atoms with E-state index in [4.69, 9.17) is 4.52 Å². The van der Waals surface area contributed by atoms with Crippen LogP contribution >= 0.6 is 11.3 Å². The van der Waals surface area contributed by atoms with E-state index in [9.17, 15) is 4.79 Å². The Morgan fingerprint density at radius 2 is 2.08 bits per heavy atom. The second-order valence-corrected chi connectivity index (χ2v) is 6.69. The molecule has 1 unspecified atom stereocenters. The second kappa shape index (κ2) is 8.07. The number of hydrogen-bond acceptors (Lipinski definition) is 5. The highest BCUT2D eigenvalue weighted by Gasteiger charge is 2.13. The molecular formula is C19H21N3O2S. The molecule has 1 N–H and O–H groups in total. The van der Waals surface area contributed by atoms with Crippen LogP contribution in [-0.4, -0.2) is 16.0 Å². The van der Waals surface area contributed by atoms with Crippen molar-refractivity contribution < 1.29 is 9.32 Å². The van der Waals surface area contributed by atoms with Gasteiger partial charge in [0.2, 0.25) is 17.6 Å². The summed E-state index contributed by atoms with van der Waals surface area (Å²) in [6.45, 7) is 4.11. The molecule has 0 aliphatic heterocycles. The highest BCUT2D eigenvalue weighted by atomic mass is 32.1. The summed E-state index contributed by atoms with van der Waals surface area (Å²) in [7, 11) is 0. The quantitative estimate of drug-likeness (QED) is 0.691. The Balaban J connectivity index is 1.50. The molecule has 25 heavy (non-hydrogen) atoms. The summed E-state index contributed by atoms with van der Waals surface area (Å²) in [4.78, 5) is 16.5. The van der Waals surface area contributed by atoms with Gasteiger partial charge in [-0.2, -0.15) is 16.3 Å². The third-order valence-corrected chi connectivity index (χ3v) is 4.76. The van der Waals surface area contributed by atoms with E-state index in [2.05, 4.69) is 46.6 Å². The fourth-order valence-electron chi connectivity index (χ4n) is 2.52. The number of thiophene rings is 1. The van der Waals surface area contributed by atoms with E-state index < -0.39 is 0 Å². The van der Waals surface area contributed by atoms with Crippen LogP contribution in [0.15, 0.2) is 45.6 Å². The SMILES string of the molecule is CCc1ccc(C(C)NC(=O)CCc2nc(-c3ccsc3)no2)cc1. The standard InChI is InChI=1S/C19H21N3O2S/c1-3-14-4-6-15(7-5-14)13(2)20-17(23)8-9-18-21-19(22-24-18)16-10-11-25-12-16/h4-7,10-13H,3,8-9H2,1-2H3,(H,20,23). The summed E-state index contributed by atoms with van der Waals surface area (Å²) in [5.41, 5.74) is 3.33. The molecule has 0 fully saturated rings. The van der Waals surface area contributed by atoms with Crippen molar-refractivity contribution in [2.45, 2.75) is 39.2 Å². The van der Waals surface area contributed by atoms with Crippen LogP contribution in [0.2, 0.25) is 0 Å². The Kier molecular flexibility index (Phi) is 5.60. The first-order chi connectivity index (χ1) is 12.2. The normalized spacial score (nSPS) is 12.1. The van der Waals surface area contributed by atoms with Crippen LogP contribution in [0, 0.1) is 0 Å². The molecule has 1 aromatic carbocycles. The van der Waals surface area contributed by atoms with Gasteiger partial charge in [-0.1, -0.05) is 36.3 Å². The molecule has 0 aliphatic rings. The van der Waals surface area contributed by atoms with Gasteiger partial charge >= 0.3 is 0 Å². The van der Waals surface area contributed by atoms with Crippen LogP contribution in [0.5, 0.6) is 0 Å². The molecule has 130 valence electrons. The van der Waals surface area contributed by atoms with Crippen LogP contribution in [0.25, 0.3) is 11.4 Å². The summed E-state index contributed by atoms with van der Waals surface area (Å²) in [5, 5.41) is 10.9. The van der Waals surface area contributed by atoms with Gasteiger partial charge in [0.1, 0.15) is 0 Å². The third-order valence-electron chi connectivity index (χ3n) is 4.08. The Labute approximate surface area is 151 Å². The maximum Gasteiger partial charge on any atom is 0.227 e. The lowest BCUT2D eigenvalue weighted by Crippen LogP contribution is -2.26. The van der Waals surface area contributed by atoms with Crippen LogP contribution in [0.3, 0.4) is 0 Å². The molecule has 0 spiro atoms. The molecular weight excluding hydrogens is 334 g/mol. The van der Waals surface area contributed by atoms with Gasteiger partial charge in [0, 0.05) is 23.8 Å². The largest absolute Gasteiger partial charge is 0.350 e. The number of aryl methyl sites for hydroxylation is 2. The minimum absolute atomic E-state index is 0.0255. The smallest absolute Gasteiger partial charge is 0.227 e. The number of nitrogens with one attached hydrogen (secondary N) is 1. The monoisotopic (exact) mass is 355 g/mol. The van der Waals surface area contributed by atoms with E-state index in [1.807, 2.05) is 23.8 Å². The molecule has 0 radical (unpaired) electrons. The Bertz CT molecular complexity index is 810. The average Bonchev–Trinajstić information content (AvgIpc) is 3.31. The number of benzene rings is 1. The van der Waals surface area contributed by atoms with Crippen LogP contribution in [0.4, 0.5) is 0 Å². The van der Waals surface area contributed by atoms with E-state index in [0.29, 0.717) is 24.6 Å². The van der Waals surface area contributed by atoms with Gasteiger partial charge in [0.25, 0.3) is 0 Å². The van der Waals surface area contributed by atoms with Gasteiger partial charge in [-0.05, 0) is 35.9 Å². The zero-order valence-corrected chi connectivity index (χ0v) is 15.2. The highest BCUT2D eigenvalue weighted by molar-refractivity contribution is 7.08. The number of nitrogens with zero attached hydrogens (tertiary/aromatic N) is 2. The zero-order valence-electron chi connectivity index (χ0n) is 14.4. The minimum Gasteiger partial charge on any atom is -0.350 e. The number of amides is 1. The lowest BCUT2D eigenvalue weighted by molar-refractivity contribution is -0.121. The van der Waals surface area contributed by atoms with E-state index in [0.717, 1.165) is 17.5 Å². The predicted molar refractivity (Wildman–Crippen MR) is 98.3 cm³/mol. The van der Waals surface area contributed by atoms with E-state index >= 15 is 0 Å². The summed E-state index contributed by atoms with van der Waals surface area (Å²) in [6, 6.07) is 10.2. The molecule has 0 bridgehead atoms. The highest BCUT2D eigenvalue weighted by Crippen LogP contribution is 2.19. The number of carbonyl (C=O) groups excluding carboxylic acids is 1. The van der Waals surface area contributed by atoms with E-state index in [1.165, 1.54) is 5.56 Å². The van der Waals surface area contributed by atoms with Gasteiger partial charge in [-0.15, -0.1) is 0 Å². The molecule has 3 rings (SSSR count).